The van der Waals surface area contributed by atoms with Gasteiger partial charge in [-0.05, 0) is 39.5 Å². The normalized spacial score (nSPS) is 17.2. The summed E-state index contributed by atoms with van der Waals surface area (Å²) >= 11 is 0. The van der Waals surface area contributed by atoms with Crippen LogP contribution < -0.4 is 5.32 Å². The second-order valence-electron chi connectivity index (χ2n) is 6.02. The predicted molar refractivity (Wildman–Crippen MR) is 80.9 cm³/mol. The Labute approximate surface area is 127 Å². The Hall–Kier alpha value is -1.13. The van der Waals surface area contributed by atoms with Crippen LogP contribution in [-0.4, -0.2) is 43.0 Å². The van der Waals surface area contributed by atoms with Gasteiger partial charge < -0.3 is 5.32 Å². The highest BCUT2D eigenvalue weighted by atomic mass is 32.2. The third kappa shape index (κ3) is 6.44. The third-order valence-corrected chi connectivity index (χ3v) is 5.45. The van der Waals surface area contributed by atoms with Crippen molar-refractivity contribution < 1.29 is 13.2 Å². The van der Waals surface area contributed by atoms with E-state index in [4.69, 9.17) is 5.26 Å². The van der Waals surface area contributed by atoms with Crippen LogP contribution >= 0.6 is 0 Å². The maximum atomic E-state index is 12.1. The summed E-state index contributed by atoms with van der Waals surface area (Å²) in [5.74, 6) is -0.112. The van der Waals surface area contributed by atoms with Crippen LogP contribution in [0, 0.1) is 11.3 Å². The van der Waals surface area contributed by atoms with Crippen LogP contribution in [0.5, 0.6) is 0 Å². The highest BCUT2D eigenvalue weighted by molar-refractivity contribution is 7.89. The van der Waals surface area contributed by atoms with Crippen molar-refractivity contribution in [2.45, 2.75) is 57.9 Å². The van der Waals surface area contributed by atoms with Gasteiger partial charge in [0, 0.05) is 19.5 Å². The average Bonchev–Trinajstić information content (AvgIpc) is 2.44. The summed E-state index contributed by atoms with van der Waals surface area (Å²) < 4.78 is 25.7. The zero-order valence-electron chi connectivity index (χ0n) is 12.9. The first-order valence-electron chi connectivity index (χ1n) is 7.47. The zero-order valence-corrected chi connectivity index (χ0v) is 13.7. The molecule has 21 heavy (non-hydrogen) atoms. The fraction of sp³-hybridized carbons (Fsp3) is 0.857. The second-order valence-corrected chi connectivity index (χ2v) is 8.11. The van der Waals surface area contributed by atoms with Crippen LogP contribution in [0.1, 0.15) is 52.4 Å². The van der Waals surface area contributed by atoms with E-state index in [1.807, 2.05) is 6.07 Å². The van der Waals surface area contributed by atoms with Gasteiger partial charge in [0.25, 0.3) is 0 Å². The molecule has 0 spiro atoms. The van der Waals surface area contributed by atoms with E-state index in [-0.39, 0.29) is 18.1 Å². The molecular formula is C14H25N3O3S. The van der Waals surface area contributed by atoms with E-state index in [1.54, 1.807) is 18.2 Å². The number of nitriles is 1. The van der Waals surface area contributed by atoms with E-state index in [0.717, 1.165) is 19.3 Å². The summed E-state index contributed by atoms with van der Waals surface area (Å²) in [6, 6.07) is 2.00. The molecule has 120 valence electrons. The van der Waals surface area contributed by atoms with Gasteiger partial charge in [-0.25, -0.2) is 12.7 Å². The van der Waals surface area contributed by atoms with E-state index in [0.29, 0.717) is 25.9 Å². The van der Waals surface area contributed by atoms with Gasteiger partial charge in [-0.2, -0.15) is 5.26 Å². The number of nitrogens with one attached hydrogen (secondary N) is 1. The molecule has 0 radical (unpaired) electrons. The first-order chi connectivity index (χ1) is 9.77. The van der Waals surface area contributed by atoms with E-state index in [9.17, 15) is 13.2 Å². The van der Waals surface area contributed by atoms with Gasteiger partial charge in [-0.15, -0.1) is 0 Å². The van der Waals surface area contributed by atoms with Gasteiger partial charge in [-0.3, -0.25) is 4.79 Å². The molecule has 7 heteroatoms. The monoisotopic (exact) mass is 315 g/mol. The number of unbranched alkanes of at least 4 members (excludes halogenated alkanes) is 1. The molecule has 1 aliphatic heterocycles. The molecule has 0 aliphatic carbocycles. The second kappa shape index (κ2) is 7.76. The SMILES string of the molecule is CC(C)(C#N)NC(=O)CCCCS(=O)(=O)N1CCCCC1. The maximum absolute atomic E-state index is 12.1. The lowest BCUT2D eigenvalue weighted by molar-refractivity contribution is -0.122. The van der Waals surface area contributed by atoms with Crippen molar-refractivity contribution in [2.24, 2.45) is 0 Å². The molecule has 0 aromatic carbocycles. The van der Waals surface area contributed by atoms with E-state index in [1.165, 1.54) is 0 Å². The standard InChI is InChI=1S/C14H25N3O3S/c1-14(2,12-15)16-13(18)8-4-7-11-21(19,20)17-9-5-3-6-10-17/h3-11H2,1-2H3,(H,16,18). The first-order valence-corrected chi connectivity index (χ1v) is 9.08. The molecule has 1 aliphatic rings. The summed E-state index contributed by atoms with van der Waals surface area (Å²) in [5.41, 5.74) is -0.878. The zero-order chi connectivity index (χ0) is 15.9. The molecule has 0 aromatic rings. The third-order valence-electron chi connectivity index (χ3n) is 3.50. The number of carbonyl (C=O) groups is 1. The minimum atomic E-state index is -3.17. The largest absolute Gasteiger partial charge is 0.338 e. The molecule has 1 fully saturated rings. The Kier molecular flexibility index (Phi) is 6.62. The highest BCUT2D eigenvalue weighted by Crippen LogP contribution is 2.14. The van der Waals surface area contributed by atoms with Crippen molar-refractivity contribution >= 4 is 15.9 Å². The van der Waals surface area contributed by atoms with Gasteiger partial charge in [-0.1, -0.05) is 6.42 Å². The minimum Gasteiger partial charge on any atom is -0.338 e. The molecule has 6 nitrogen and oxygen atoms in total. The number of amides is 1. The van der Waals surface area contributed by atoms with E-state index >= 15 is 0 Å². The van der Waals surface area contributed by atoms with E-state index < -0.39 is 15.6 Å². The number of hydrogen-bond donors (Lipinski definition) is 1. The van der Waals surface area contributed by atoms with E-state index in [2.05, 4.69) is 5.32 Å². The van der Waals surface area contributed by atoms with Crippen LogP contribution in [-0.2, 0) is 14.8 Å². The molecule has 1 amide bonds. The molecule has 0 atom stereocenters. The Balaban J connectivity index is 2.27. The van der Waals surface area contributed by atoms with Crippen LogP contribution in [0.2, 0.25) is 0 Å². The van der Waals surface area contributed by atoms with Crippen molar-refractivity contribution in [3.63, 3.8) is 0 Å². The van der Waals surface area contributed by atoms with Gasteiger partial charge >= 0.3 is 0 Å². The Morgan fingerprint density at radius 2 is 1.86 bits per heavy atom. The molecular weight excluding hydrogens is 290 g/mol. The van der Waals surface area contributed by atoms with Crippen molar-refractivity contribution in [2.75, 3.05) is 18.8 Å². The van der Waals surface area contributed by atoms with Crippen LogP contribution in [0.25, 0.3) is 0 Å². The fourth-order valence-corrected chi connectivity index (χ4v) is 3.92. The van der Waals surface area contributed by atoms with Crippen LogP contribution in [0.4, 0.5) is 0 Å². The maximum Gasteiger partial charge on any atom is 0.221 e. The molecule has 0 bridgehead atoms. The number of sulfonamides is 1. The van der Waals surface area contributed by atoms with Crippen LogP contribution in [0.15, 0.2) is 0 Å². The lowest BCUT2D eigenvalue weighted by Gasteiger charge is -2.25. The highest BCUT2D eigenvalue weighted by Gasteiger charge is 2.23. The smallest absolute Gasteiger partial charge is 0.221 e. The molecule has 1 rings (SSSR count). The predicted octanol–water partition coefficient (Wildman–Crippen LogP) is 1.39. The summed E-state index contributed by atoms with van der Waals surface area (Å²) in [6.45, 7) is 4.51. The first kappa shape index (κ1) is 17.9. The average molecular weight is 315 g/mol. The number of carbonyl (C=O) groups excluding carboxylic acids is 1. The summed E-state index contributed by atoms with van der Waals surface area (Å²) in [4.78, 5) is 11.6. The lowest BCUT2D eigenvalue weighted by atomic mass is 10.1. The number of hydrogen-bond acceptors (Lipinski definition) is 4. The van der Waals surface area contributed by atoms with Gasteiger partial charge in [0.1, 0.15) is 5.54 Å². The topological polar surface area (TPSA) is 90.3 Å². The Morgan fingerprint density at radius 3 is 2.43 bits per heavy atom. The summed E-state index contributed by atoms with van der Waals surface area (Å²) in [5, 5.41) is 11.4. The van der Waals surface area contributed by atoms with Gasteiger partial charge in [0.15, 0.2) is 0 Å². The Morgan fingerprint density at radius 1 is 1.24 bits per heavy atom. The minimum absolute atomic E-state index is 0.0991. The number of rotatable bonds is 7. The van der Waals surface area contributed by atoms with Gasteiger partial charge in [0.05, 0.1) is 11.8 Å². The molecule has 1 saturated heterocycles. The van der Waals surface area contributed by atoms with Gasteiger partial charge in [0.2, 0.25) is 15.9 Å². The molecule has 0 saturated carbocycles. The lowest BCUT2D eigenvalue weighted by Crippen LogP contribution is -2.42. The van der Waals surface area contributed by atoms with Crippen molar-refractivity contribution in [1.29, 1.82) is 5.26 Å². The quantitative estimate of drug-likeness (QED) is 0.719. The molecule has 1 heterocycles. The molecule has 0 aromatic heterocycles. The van der Waals surface area contributed by atoms with Crippen LogP contribution in [0.3, 0.4) is 0 Å². The Bertz CT molecular complexity index is 488. The van der Waals surface area contributed by atoms with Crippen molar-refractivity contribution in [1.82, 2.24) is 9.62 Å². The van der Waals surface area contributed by atoms with Crippen molar-refractivity contribution in [3.05, 3.63) is 0 Å². The number of nitrogens with zero attached hydrogens (tertiary/aromatic N) is 2. The summed E-state index contributed by atoms with van der Waals surface area (Å²) in [6.07, 6.45) is 4.21. The summed E-state index contributed by atoms with van der Waals surface area (Å²) in [7, 11) is -3.17. The number of piperidine rings is 1. The molecule has 1 N–H and O–H groups in total. The molecule has 0 unspecified atom stereocenters. The fourth-order valence-electron chi connectivity index (χ4n) is 2.28. The van der Waals surface area contributed by atoms with Crippen molar-refractivity contribution in [3.8, 4) is 6.07 Å².